The zero-order valence-corrected chi connectivity index (χ0v) is 20.7. The highest BCUT2D eigenvalue weighted by Gasteiger charge is 2.31. The summed E-state index contributed by atoms with van der Waals surface area (Å²) in [5, 5.41) is 0.557. The summed E-state index contributed by atoms with van der Waals surface area (Å²) in [5.74, 6) is 1.35. The fourth-order valence-corrected chi connectivity index (χ4v) is 5.23. The van der Waals surface area contributed by atoms with Crippen molar-refractivity contribution >= 4 is 22.5 Å². The first kappa shape index (κ1) is 23.2. The molecule has 0 N–H and O–H groups in total. The van der Waals surface area contributed by atoms with Gasteiger partial charge in [-0.1, -0.05) is 18.2 Å². The van der Waals surface area contributed by atoms with Crippen LogP contribution in [-0.4, -0.2) is 60.3 Å². The Bertz CT molecular complexity index is 1520. The average Bonchev–Trinajstić information content (AvgIpc) is 3.28. The van der Waals surface area contributed by atoms with Crippen LogP contribution in [0.5, 0.6) is 5.75 Å². The van der Waals surface area contributed by atoms with Gasteiger partial charge in [0.25, 0.3) is 11.5 Å². The summed E-state index contributed by atoms with van der Waals surface area (Å²) < 4.78 is 12.4. The van der Waals surface area contributed by atoms with Crippen LogP contribution < -0.4 is 15.2 Å². The second-order valence-corrected chi connectivity index (χ2v) is 9.26. The summed E-state index contributed by atoms with van der Waals surface area (Å²) in [6.07, 6.45) is 0.443. The van der Waals surface area contributed by atoms with E-state index in [0.717, 1.165) is 29.9 Å². The third-order valence-electron chi connectivity index (χ3n) is 7.15. The smallest absolute Gasteiger partial charge is 0.265 e. The number of carbonyl (C=O) groups excluding carboxylic acids is 1. The van der Waals surface area contributed by atoms with Crippen molar-refractivity contribution in [1.29, 1.82) is 0 Å². The molecule has 37 heavy (non-hydrogen) atoms. The van der Waals surface area contributed by atoms with Crippen LogP contribution in [0.3, 0.4) is 0 Å². The SMILES string of the molecule is COc1ccc(-n2c(CCN3Cc4c(cccc4N4CCOCC4)C3=O)nc3ccccc3c2=O)cc1. The molecule has 1 amide bonds. The number of hydrogen-bond acceptors (Lipinski definition) is 6. The summed E-state index contributed by atoms with van der Waals surface area (Å²) in [7, 11) is 1.61. The number of rotatable bonds is 6. The average molecular weight is 497 g/mol. The van der Waals surface area contributed by atoms with E-state index in [0.29, 0.717) is 60.9 Å². The molecular formula is C29H28N4O4. The van der Waals surface area contributed by atoms with Gasteiger partial charge >= 0.3 is 0 Å². The molecule has 8 heteroatoms. The lowest BCUT2D eigenvalue weighted by Crippen LogP contribution is -2.36. The molecule has 1 aromatic heterocycles. The van der Waals surface area contributed by atoms with Crippen molar-refractivity contribution in [2.45, 2.75) is 13.0 Å². The molecule has 0 atom stereocenters. The van der Waals surface area contributed by atoms with Gasteiger partial charge in [0.2, 0.25) is 0 Å². The number of fused-ring (bicyclic) bond motifs is 2. The predicted octanol–water partition coefficient (Wildman–Crippen LogP) is 3.43. The van der Waals surface area contributed by atoms with Gasteiger partial charge < -0.3 is 19.3 Å². The molecule has 8 nitrogen and oxygen atoms in total. The summed E-state index contributed by atoms with van der Waals surface area (Å²) in [6.45, 7) is 4.02. The maximum atomic E-state index is 13.6. The van der Waals surface area contributed by atoms with E-state index >= 15 is 0 Å². The van der Waals surface area contributed by atoms with Gasteiger partial charge in [-0.15, -0.1) is 0 Å². The lowest BCUT2D eigenvalue weighted by Gasteiger charge is -2.30. The van der Waals surface area contributed by atoms with Gasteiger partial charge in [-0.2, -0.15) is 0 Å². The molecule has 3 heterocycles. The number of aromatic nitrogens is 2. The van der Waals surface area contributed by atoms with Crippen LogP contribution >= 0.6 is 0 Å². The van der Waals surface area contributed by atoms with Gasteiger partial charge in [-0.3, -0.25) is 14.2 Å². The number of amides is 1. The quantitative estimate of drug-likeness (QED) is 0.407. The molecule has 0 unspecified atom stereocenters. The minimum Gasteiger partial charge on any atom is -0.497 e. The summed E-state index contributed by atoms with van der Waals surface area (Å²) >= 11 is 0. The van der Waals surface area contributed by atoms with Crippen LogP contribution in [0.15, 0.2) is 71.5 Å². The first-order valence-electron chi connectivity index (χ1n) is 12.5. The van der Waals surface area contributed by atoms with Crippen molar-refractivity contribution in [2.24, 2.45) is 0 Å². The molecule has 3 aromatic carbocycles. The molecule has 188 valence electrons. The van der Waals surface area contributed by atoms with E-state index in [1.165, 1.54) is 0 Å². The zero-order valence-electron chi connectivity index (χ0n) is 20.7. The molecule has 0 bridgehead atoms. The lowest BCUT2D eigenvalue weighted by atomic mass is 10.1. The standard InChI is InChI=1S/C29H28N4O4/c1-36-21-11-9-20(10-12-21)33-27(30-25-7-3-2-5-23(25)29(33)35)13-14-32-19-24-22(28(32)34)6-4-8-26(24)31-15-17-37-18-16-31/h2-12H,13-19H2,1H3. The Morgan fingerprint density at radius 2 is 1.73 bits per heavy atom. The summed E-state index contributed by atoms with van der Waals surface area (Å²) in [6, 6.07) is 20.7. The van der Waals surface area contributed by atoms with Crippen molar-refractivity contribution in [1.82, 2.24) is 14.5 Å². The fraction of sp³-hybridized carbons (Fsp3) is 0.276. The van der Waals surface area contributed by atoms with Gasteiger partial charge in [0.15, 0.2) is 0 Å². The van der Waals surface area contributed by atoms with Gasteiger partial charge in [-0.05, 0) is 48.5 Å². The van der Waals surface area contributed by atoms with E-state index in [9.17, 15) is 9.59 Å². The molecule has 0 aliphatic carbocycles. The minimum atomic E-state index is -0.128. The predicted molar refractivity (Wildman–Crippen MR) is 142 cm³/mol. The number of ether oxygens (including phenoxy) is 2. The highest BCUT2D eigenvalue weighted by atomic mass is 16.5. The van der Waals surface area contributed by atoms with Crippen molar-refractivity contribution in [2.75, 3.05) is 44.9 Å². The molecule has 4 aromatic rings. The van der Waals surface area contributed by atoms with Gasteiger partial charge in [-0.25, -0.2) is 4.98 Å². The monoisotopic (exact) mass is 496 g/mol. The van der Waals surface area contributed by atoms with Crippen molar-refractivity contribution in [3.05, 3.63) is 94.0 Å². The van der Waals surface area contributed by atoms with Crippen LogP contribution in [0.25, 0.3) is 16.6 Å². The fourth-order valence-electron chi connectivity index (χ4n) is 5.23. The van der Waals surface area contributed by atoms with E-state index < -0.39 is 0 Å². The van der Waals surface area contributed by atoms with Crippen LogP contribution in [0.1, 0.15) is 21.7 Å². The largest absolute Gasteiger partial charge is 0.497 e. The van der Waals surface area contributed by atoms with Crippen LogP contribution in [0.4, 0.5) is 5.69 Å². The Morgan fingerprint density at radius 3 is 2.51 bits per heavy atom. The number of benzene rings is 3. The highest BCUT2D eigenvalue weighted by molar-refractivity contribution is 6.00. The maximum Gasteiger partial charge on any atom is 0.265 e. The van der Waals surface area contributed by atoms with E-state index in [1.807, 2.05) is 59.5 Å². The molecule has 2 aliphatic heterocycles. The molecule has 0 spiro atoms. The lowest BCUT2D eigenvalue weighted by molar-refractivity contribution is 0.0779. The first-order chi connectivity index (χ1) is 18.1. The zero-order chi connectivity index (χ0) is 25.4. The van der Waals surface area contributed by atoms with Crippen molar-refractivity contribution < 1.29 is 14.3 Å². The second-order valence-electron chi connectivity index (χ2n) is 9.26. The maximum absolute atomic E-state index is 13.6. The third-order valence-corrected chi connectivity index (χ3v) is 7.15. The Hall–Kier alpha value is -4.17. The second kappa shape index (κ2) is 9.71. The molecular weight excluding hydrogens is 468 g/mol. The Kier molecular flexibility index (Phi) is 6.10. The minimum absolute atomic E-state index is 0.0178. The van der Waals surface area contributed by atoms with Gasteiger partial charge in [0.05, 0.1) is 36.9 Å². The normalized spacial score (nSPS) is 15.3. The number of carbonyl (C=O) groups is 1. The number of nitrogens with zero attached hydrogens (tertiary/aromatic N) is 4. The molecule has 0 radical (unpaired) electrons. The first-order valence-corrected chi connectivity index (χ1v) is 12.5. The van der Waals surface area contributed by atoms with Gasteiger partial charge in [0.1, 0.15) is 11.6 Å². The molecule has 1 fully saturated rings. The summed E-state index contributed by atoms with van der Waals surface area (Å²) in [4.78, 5) is 35.9. The topological polar surface area (TPSA) is 76.9 Å². The number of anilines is 1. The van der Waals surface area contributed by atoms with Crippen LogP contribution in [0, 0.1) is 0 Å². The highest BCUT2D eigenvalue weighted by Crippen LogP contribution is 2.32. The van der Waals surface area contributed by atoms with E-state index in [-0.39, 0.29) is 11.5 Å². The van der Waals surface area contributed by atoms with Gasteiger partial charge in [0, 0.05) is 49.4 Å². The van der Waals surface area contributed by atoms with Crippen LogP contribution in [-0.2, 0) is 17.7 Å². The Labute approximate surface area is 214 Å². The third kappa shape index (κ3) is 4.23. The Balaban J connectivity index is 1.32. The molecule has 0 saturated carbocycles. The Morgan fingerprint density at radius 1 is 0.946 bits per heavy atom. The number of hydrogen-bond donors (Lipinski definition) is 0. The van der Waals surface area contributed by atoms with Crippen LogP contribution in [0.2, 0.25) is 0 Å². The van der Waals surface area contributed by atoms with E-state index in [4.69, 9.17) is 14.5 Å². The molecule has 1 saturated heterocycles. The number of methoxy groups -OCH3 is 1. The van der Waals surface area contributed by atoms with E-state index in [2.05, 4.69) is 11.0 Å². The number of morpholine rings is 1. The molecule has 6 rings (SSSR count). The van der Waals surface area contributed by atoms with Crippen molar-refractivity contribution in [3.63, 3.8) is 0 Å². The summed E-state index contributed by atoms with van der Waals surface area (Å²) in [5.41, 5.74) is 4.16. The van der Waals surface area contributed by atoms with Crippen molar-refractivity contribution in [3.8, 4) is 11.4 Å². The number of para-hydroxylation sites is 1. The van der Waals surface area contributed by atoms with E-state index in [1.54, 1.807) is 17.7 Å². The molecule has 2 aliphatic rings.